The molecule has 1 saturated heterocycles. The van der Waals surface area contributed by atoms with Gasteiger partial charge in [0.1, 0.15) is 0 Å². The van der Waals surface area contributed by atoms with Crippen molar-refractivity contribution in [3.05, 3.63) is 30.3 Å². The van der Waals surface area contributed by atoms with Crippen LogP contribution in [0.3, 0.4) is 0 Å². The van der Waals surface area contributed by atoms with Gasteiger partial charge in [0.2, 0.25) is 0 Å². The van der Waals surface area contributed by atoms with Crippen molar-refractivity contribution in [3.63, 3.8) is 0 Å². The quantitative estimate of drug-likeness (QED) is 0.474. The molecular weight excluding hydrogens is 224 g/mol. The lowest BCUT2D eigenvalue weighted by atomic mass is 10.3. The average Bonchev–Trinajstić information content (AvgIpc) is 2.89. The highest BCUT2D eigenvalue weighted by molar-refractivity contribution is 5.92. The highest BCUT2D eigenvalue weighted by Crippen LogP contribution is 2.07. The monoisotopic (exact) mass is 246 g/mol. The predicted molar refractivity (Wildman–Crippen MR) is 76.8 cm³/mol. The number of guanidine groups is 1. The van der Waals surface area contributed by atoms with Gasteiger partial charge in [-0.2, -0.15) is 0 Å². The molecule has 0 aliphatic carbocycles. The molecule has 0 radical (unpaired) electrons. The minimum absolute atomic E-state index is 0.502. The third-order valence-electron chi connectivity index (χ3n) is 3.16. The number of nitrogens with one attached hydrogen (secondary N) is 1. The Morgan fingerprint density at radius 1 is 1.22 bits per heavy atom. The fourth-order valence-electron chi connectivity index (χ4n) is 2.21. The Labute approximate surface area is 109 Å². The topological polar surface area (TPSA) is 53.6 Å². The van der Waals surface area contributed by atoms with Crippen LogP contribution in [0.15, 0.2) is 35.3 Å². The van der Waals surface area contributed by atoms with Crippen LogP contribution in [0, 0.1) is 0 Å². The Balaban J connectivity index is 1.65. The second-order valence-corrected chi connectivity index (χ2v) is 4.66. The van der Waals surface area contributed by atoms with Gasteiger partial charge in [-0.25, -0.2) is 0 Å². The van der Waals surface area contributed by atoms with Crippen molar-refractivity contribution in [2.45, 2.75) is 19.3 Å². The standard InChI is InChI=1S/C14H22N4/c15-14(17-13-7-2-1-3-8-13)16-9-6-12-18-10-4-5-11-18/h1-3,7-8H,4-6,9-12H2,(H3,15,16,17). The molecule has 4 heteroatoms. The van der Waals surface area contributed by atoms with Crippen LogP contribution in [-0.2, 0) is 0 Å². The minimum atomic E-state index is 0.502. The number of nitrogens with zero attached hydrogens (tertiary/aromatic N) is 2. The number of anilines is 1. The SMILES string of the molecule is NC(=NCCCN1CCCC1)Nc1ccccc1. The molecule has 1 fully saturated rings. The van der Waals surface area contributed by atoms with Gasteiger partial charge in [-0.05, 0) is 51.0 Å². The number of nitrogens with two attached hydrogens (primary N) is 1. The van der Waals surface area contributed by atoms with E-state index in [1.807, 2.05) is 30.3 Å². The second-order valence-electron chi connectivity index (χ2n) is 4.66. The van der Waals surface area contributed by atoms with Crippen molar-refractivity contribution in [2.75, 3.05) is 31.5 Å². The maximum absolute atomic E-state index is 5.83. The van der Waals surface area contributed by atoms with E-state index in [2.05, 4.69) is 15.2 Å². The van der Waals surface area contributed by atoms with Gasteiger partial charge >= 0.3 is 0 Å². The number of hydrogen-bond acceptors (Lipinski definition) is 2. The van der Waals surface area contributed by atoms with Crippen LogP contribution in [0.4, 0.5) is 5.69 Å². The number of likely N-dealkylation sites (tertiary alicyclic amines) is 1. The smallest absolute Gasteiger partial charge is 0.193 e. The molecule has 3 N–H and O–H groups in total. The molecule has 2 rings (SSSR count). The first kappa shape index (κ1) is 12.9. The molecule has 0 bridgehead atoms. The first-order valence-electron chi connectivity index (χ1n) is 6.69. The third-order valence-corrected chi connectivity index (χ3v) is 3.16. The molecule has 0 aromatic heterocycles. The average molecular weight is 246 g/mol. The molecule has 1 heterocycles. The molecule has 4 nitrogen and oxygen atoms in total. The summed E-state index contributed by atoms with van der Waals surface area (Å²) in [4.78, 5) is 6.83. The first-order chi connectivity index (χ1) is 8.84. The first-order valence-corrected chi connectivity index (χ1v) is 6.69. The summed E-state index contributed by atoms with van der Waals surface area (Å²) in [6.45, 7) is 4.44. The van der Waals surface area contributed by atoms with Gasteiger partial charge in [0.05, 0.1) is 0 Å². The van der Waals surface area contributed by atoms with Crippen LogP contribution in [0.5, 0.6) is 0 Å². The van der Waals surface area contributed by atoms with E-state index in [1.165, 1.54) is 25.9 Å². The summed E-state index contributed by atoms with van der Waals surface area (Å²) in [5.74, 6) is 0.502. The van der Waals surface area contributed by atoms with Gasteiger partial charge < -0.3 is 16.0 Å². The summed E-state index contributed by atoms with van der Waals surface area (Å²) in [5, 5.41) is 3.08. The molecule has 0 atom stereocenters. The normalized spacial score (nSPS) is 17.0. The van der Waals surface area contributed by atoms with Crippen LogP contribution in [-0.4, -0.2) is 37.0 Å². The zero-order chi connectivity index (χ0) is 12.6. The number of hydrogen-bond donors (Lipinski definition) is 2. The fourth-order valence-corrected chi connectivity index (χ4v) is 2.21. The van der Waals surface area contributed by atoms with E-state index in [0.29, 0.717) is 5.96 Å². The van der Waals surface area contributed by atoms with E-state index in [4.69, 9.17) is 5.73 Å². The molecule has 0 saturated carbocycles. The van der Waals surface area contributed by atoms with E-state index in [1.54, 1.807) is 0 Å². The van der Waals surface area contributed by atoms with Gasteiger partial charge in [0.25, 0.3) is 0 Å². The number of para-hydroxylation sites is 1. The fraction of sp³-hybridized carbons (Fsp3) is 0.500. The molecule has 0 unspecified atom stereocenters. The Bertz CT molecular complexity index is 369. The second kappa shape index (κ2) is 7.01. The summed E-state index contributed by atoms with van der Waals surface area (Å²) in [5.41, 5.74) is 6.81. The van der Waals surface area contributed by atoms with Crippen LogP contribution in [0.2, 0.25) is 0 Å². The minimum Gasteiger partial charge on any atom is -0.370 e. The summed E-state index contributed by atoms with van der Waals surface area (Å²) >= 11 is 0. The van der Waals surface area contributed by atoms with Gasteiger partial charge in [-0.3, -0.25) is 4.99 Å². The van der Waals surface area contributed by atoms with Crippen molar-refractivity contribution in [1.82, 2.24) is 4.90 Å². The maximum Gasteiger partial charge on any atom is 0.193 e. The van der Waals surface area contributed by atoms with Gasteiger partial charge in [0.15, 0.2) is 5.96 Å². The van der Waals surface area contributed by atoms with E-state index >= 15 is 0 Å². The Kier molecular flexibility index (Phi) is 5.02. The molecule has 1 aromatic carbocycles. The summed E-state index contributed by atoms with van der Waals surface area (Å²) < 4.78 is 0. The molecule has 98 valence electrons. The van der Waals surface area contributed by atoms with Crippen molar-refractivity contribution in [2.24, 2.45) is 10.7 Å². The van der Waals surface area contributed by atoms with Crippen molar-refractivity contribution >= 4 is 11.6 Å². The highest BCUT2D eigenvalue weighted by Gasteiger charge is 2.09. The van der Waals surface area contributed by atoms with Crippen LogP contribution >= 0.6 is 0 Å². The van der Waals surface area contributed by atoms with Crippen LogP contribution in [0.25, 0.3) is 0 Å². The van der Waals surface area contributed by atoms with Gasteiger partial charge in [-0.15, -0.1) is 0 Å². The van der Waals surface area contributed by atoms with Crippen LogP contribution < -0.4 is 11.1 Å². The summed E-state index contributed by atoms with van der Waals surface area (Å²) in [6, 6.07) is 9.89. The third kappa shape index (κ3) is 4.37. The predicted octanol–water partition coefficient (Wildman–Crippen LogP) is 1.90. The molecule has 1 aliphatic rings. The van der Waals surface area contributed by atoms with Gasteiger partial charge in [-0.1, -0.05) is 18.2 Å². The van der Waals surface area contributed by atoms with E-state index < -0.39 is 0 Å². The lowest BCUT2D eigenvalue weighted by molar-refractivity contribution is 0.336. The molecule has 0 amide bonds. The van der Waals surface area contributed by atoms with Crippen molar-refractivity contribution in [3.8, 4) is 0 Å². The maximum atomic E-state index is 5.83. The molecule has 0 spiro atoms. The lowest BCUT2D eigenvalue weighted by Crippen LogP contribution is -2.24. The zero-order valence-electron chi connectivity index (χ0n) is 10.8. The zero-order valence-corrected chi connectivity index (χ0v) is 10.8. The Morgan fingerprint density at radius 3 is 2.67 bits per heavy atom. The number of benzene rings is 1. The summed E-state index contributed by atoms with van der Waals surface area (Å²) in [7, 11) is 0. The molecule has 18 heavy (non-hydrogen) atoms. The van der Waals surface area contributed by atoms with E-state index in [0.717, 1.165) is 25.2 Å². The lowest BCUT2D eigenvalue weighted by Gasteiger charge is -2.13. The summed E-state index contributed by atoms with van der Waals surface area (Å²) in [6.07, 6.45) is 3.78. The van der Waals surface area contributed by atoms with Gasteiger partial charge in [0, 0.05) is 12.2 Å². The van der Waals surface area contributed by atoms with E-state index in [9.17, 15) is 0 Å². The number of rotatable bonds is 5. The van der Waals surface area contributed by atoms with Crippen LogP contribution in [0.1, 0.15) is 19.3 Å². The highest BCUT2D eigenvalue weighted by atomic mass is 15.1. The van der Waals surface area contributed by atoms with Crippen molar-refractivity contribution < 1.29 is 0 Å². The molecular formula is C14H22N4. The van der Waals surface area contributed by atoms with Crippen molar-refractivity contribution in [1.29, 1.82) is 0 Å². The van der Waals surface area contributed by atoms with E-state index in [-0.39, 0.29) is 0 Å². The molecule has 1 aromatic rings. The largest absolute Gasteiger partial charge is 0.370 e. The number of aliphatic imine (C=N–C) groups is 1. The molecule has 1 aliphatic heterocycles. The Hall–Kier alpha value is -1.55. The Morgan fingerprint density at radius 2 is 1.94 bits per heavy atom.